The van der Waals surface area contributed by atoms with Gasteiger partial charge in [-0.15, -0.1) is 0 Å². The summed E-state index contributed by atoms with van der Waals surface area (Å²) in [5.41, 5.74) is 5.76. The summed E-state index contributed by atoms with van der Waals surface area (Å²) >= 11 is 0. The molecule has 0 radical (unpaired) electrons. The van der Waals surface area contributed by atoms with E-state index in [1.165, 1.54) is 19.5 Å². The lowest BCUT2D eigenvalue weighted by atomic mass is 9.99. The van der Waals surface area contributed by atoms with Gasteiger partial charge >= 0.3 is 0 Å². The van der Waals surface area contributed by atoms with Crippen molar-refractivity contribution in [3.63, 3.8) is 0 Å². The number of nitrogens with zero attached hydrogens (tertiary/aromatic N) is 1. The van der Waals surface area contributed by atoms with E-state index >= 15 is 0 Å². The van der Waals surface area contributed by atoms with Crippen LogP contribution in [-0.4, -0.2) is 43.2 Å². The van der Waals surface area contributed by atoms with E-state index in [1.807, 2.05) is 0 Å². The first-order chi connectivity index (χ1) is 6.03. The summed E-state index contributed by atoms with van der Waals surface area (Å²) < 4.78 is 0. The van der Waals surface area contributed by atoms with Gasteiger partial charge in [-0.2, -0.15) is 0 Å². The predicted octanol–water partition coefficient (Wildman–Crippen LogP) is 0.408. The number of likely N-dealkylation sites (N-methyl/N-ethyl adjacent to an activating group) is 1. The van der Waals surface area contributed by atoms with Crippen LogP contribution in [0, 0.1) is 0 Å². The SMILES string of the molecule is CN1CCC(NC(C)(C)CCN)C1. The highest BCUT2D eigenvalue weighted by molar-refractivity contribution is 4.87. The van der Waals surface area contributed by atoms with E-state index in [-0.39, 0.29) is 5.54 Å². The molecule has 0 amide bonds. The Morgan fingerprint density at radius 2 is 2.23 bits per heavy atom. The Hall–Kier alpha value is -0.120. The summed E-state index contributed by atoms with van der Waals surface area (Å²) in [6, 6.07) is 0.659. The van der Waals surface area contributed by atoms with Crippen LogP contribution in [0.4, 0.5) is 0 Å². The Labute approximate surface area is 81.7 Å². The van der Waals surface area contributed by atoms with Gasteiger partial charge in [0.1, 0.15) is 0 Å². The van der Waals surface area contributed by atoms with Gasteiger partial charge in [0.05, 0.1) is 0 Å². The van der Waals surface area contributed by atoms with E-state index in [0.29, 0.717) is 6.04 Å². The van der Waals surface area contributed by atoms with Crippen LogP contribution in [0.25, 0.3) is 0 Å². The normalized spacial score (nSPS) is 25.4. The van der Waals surface area contributed by atoms with Crippen LogP contribution in [-0.2, 0) is 0 Å². The Kier molecular flexibility index (Phi) is 3.71. The Morgan fingerprint density at radius 3 is 2.69 bits per heavy atom. The average molecular weight is 185 g/mol. The lowest BCUT2D eigenvalue weighted by Gasteiger charge is -2.29. The smallest absolute Gasteiger partial charge is 0.0212 e. The molecule has 1 rings (SSSR count). The van der Waals surface area contributed by atoms with Gasteiger partial charge in [0, 0.05) is 18.1 Å². The third-order valence-corrected chi connectivity index (χ3v) is 2.76. The molecule has 0 saturated carbocycles. The summed E-state index contributed by atoms with van der Waals surface area (Å²) in [6.45, 7) is 7.63. The molecule has 0 aliphatic carbocycles. The number of hydrogen-bond donors (Lipinski definition) is 2. The Balaban J connectivity index is 2.30. The van der Waals surface area contributed by atoms with Crippen LogP contribution in [0.15, 0.2) is 0 Å². The topological polar surface area (TPSA) is 41.3 Å². The van der Waals surface area contributed by atoms with Crippen molar-refractivity contribution in [2.75, 3.05) is 26.7 Å². The van der Waals surface area contributed by atoms with Crippen LogP contribution in [0.5, 0.6) is 0 Å². The lowest BCUT2D eigenvalue weighted by Crippen LogP contribution is -2.47. The van der Waals surface area contributed by atoms with Crippen LogP contribution in [0.3, 0.4) is 0 Å². The summed E-state index contributed by atoms with van der Waals surface area (Å²) in [6.07, 6.45) is 2.32. The van der Waals surface area contributed by atoms with Crippen molar-refractivity contribution in [3.8, 4) is 0 Å². The fraction of sp³-hybridized carbons (Fsp3) is 1.00. The summed E-state index contributed by atoms with van der Waals surface area (Å²) in [5, 5.41) is 3.66. The molecule has 1 unspecified atom stereocenters. The van der Waals surface area contributed by atoms with Crippen molar-refractivity contribution in [2.45, 2.75) is 38.3 Å². The monoisotopic (exact) mass is 185 g/mol. The van der Waals surface area contributed by atoms with Gasteiger partial charge in [0.15, 0.2) is 0 Å². The molecule has 1 fully saturated rings. The maximum atomic E-state index is 5.57. The molecular weight excluding hydrogens is 162 g/mol. The first-order valence-electron chi connectivity index (χ1n) is 5.20. The van der Waals surface area contributed by atoms with Crippen LogP contribution in [0.1, 0.15) is 26.7 Å². The van der Waals surface area contributed by atoms with Crippen LogP contribution < -0.4 is 11.1 Å². The zero-order chi connectivity index (χ0) is 9.90. The van der Waals surface area contributed by atoms with Crippen molar-refractivity contribution in [1.29, 1.82) is 0 Å². The van der Waals surface area contributed by atoms with E-state index in [2.05, 4.69) is 31.1 Å². The lowest BCUT2D eigenvalue weighted by molar-refractivity contribution is 0.310. The second kappa shape index (κ2) is 4.40. The van der Waals surface area contributed by atoms with Gasteiger partial charge in [0.25, 0.3) is 0 Å². The molecular formula is C10H23N3. The third-order valence-electron chi connectivity index (χ3n) is 2.76. The van der Waals surface area contributed by atoms with Crippen molar-refractivity contribution in [1.82, 2.24) is 10.2 Å². The molecule has 3 heteroatoms. The van der Waals surface area contributed by atoms with E-state index in [1.54, 1.807) is 0 Å². The van der Waals surface area contributed by atoms with Crippen molar-refractivity contribution >= 4 is 0 Å². The average Bonchev–Trinajstić information content (AvgIpc) is 2.34. The highest BCUT2D eigenvalue weighted by Gasteiger charge is 2.25. The molecule has 1 saturated heterocycles. The molecule has 3 N–H and O–H groups in total. The maximum Gasteiger partial charge on any atom is 0.0212 e. The van der Waals surface area contributed by atoms with E-state index in [0.717, 1.165) is 13.0 Å². The number of nitrogens with two attached hydrogens (primary N) is 1. The van der Waals surface area contributed by atoms with Crippen LogP contribution >= 0.6 is 0 Å². The zero-order valence-corrected chi connectivity index (χ0v) is 9.14. The summed E-state index contributed by atoms with van der Waals surface area (Å²) in [4.78, 5) is 2.37. The molecule has 0 aromatic rings. The Morgan fingerprint density at radius 1 is 1.54 bits per heavy atom. The molecule has 1 aliphatic heterocycles. The molecule has 13 heavy (non-hydrogen) atoms. The highest BCUT2D eigenvalue weighted by Crippen LogP contribution is 2.13. The van der Waals surface area contributed by atoms with Crippen molar-refractivity contribution in [2.24, 2.45) is 5.73 Å². The van der Waals surface area contributed by atoms with Gasteiger partial charge in [-0.3, -0.25) is 0 Å². The standard InChI is InChI=1S/C10H23N3/c1-10(2,5-6-11)12-9-4-7-13(3)8-9/h9,12H,4-8,11H2,1-3H3. The number of hydrogen-bond acceptors (Lipinski definition) is 3. The number of likely N-dealkylation sites (tertiary alicyclic amines) is 1. The summed E-state index contributed by atoms with van der Waals surface area (Å²) in [7, 11) is 2.18. The number of nitrogens with one attached hydrogen (secondary N) is 1. The molecule has 1 heterocycles. The van der Waals surface area contributed by atoms with Gasteiger partial charge in [-0.05, 0) is 46.8 Å². The van der Waals surface area contributed by atoms with E-state index < -0.39 is 0 Å². The molecule has 0 spiro atoms. The third kappa shape index (κ3) is 3.63. The van der Waals surface area contributed by atoms with Crippen molar-refractivity contribution in [3.05, 3.63) is 0 Å². The van der Waals surface area contributed by atoms with Gasteiger partial charge in [-0.25, -0.2) is 0 Å². The second-order valence-corrected chi connectivity index (χ2v) is 4.81. The Bertz CT molecular complexity index is 156. The molecule has 0 aromatic heterocycles. The molecule has 78 valence electrons. The molecule has 1 aliphatic rings. The highest BCUT2D eigenvalue weighted by atomic mass is 15.2. The first-order valence-corrected chi connectivity index (χ1v) is 5.20. The van der Waals surface area contributed by atoms with Gasteiger partial charge in [-0.1, -0.05) is 0 Å². The first kappa shape index (κ1) is 11.0. The predicted molar refractivity (Wildman–Crippen MR) is 56.8 cm³/mol. The van der Waals surface area contributed by atoms with Crippen LogP contribution in [0.2, 0.25) is 0 Å². The molecule has 1 atom stereocenters. The second-order valence-electron chi connectivity index (χ2n) is 4.81. The van der Waals surface area contributed by atoms with E-state index in [9.17, 15) is 0 Å². The van der Waals surface area contributed by atoms with E-state index in [4.69, 9.17) is 5.73 Å². The minimum Gasteiger partial charge on any atom is -0.330 e. The maximum absolute atomic E-state index is 5.57. The molecule has 0 aromatic carbocycles. The minimum atomic E-state index is 0.199. The van der Waals surface area contributed by atoms with Gasteiger partial charge < -0.3 is 16.0 Å². The molecule has 0 bridgehead atoms. The van der Waals surface area contributed by atoms with Crippen molar-refractivity contribution < 1.29 is 0 Å². The summed E-state index contributed by atoms with van der Waals surface area (Å²) in [5.74, 6) is 0. The minimum absolute atomic E-state index is 0.199. The molecule has 3 nitrogen and oxygen atoms in total. The quantitative estimate of drug-likeness (QED) is 0.666. The largest absolute Gasteiger partial charge is 0.330 e. The number of rotatable bonds is 4. The fourth-order valence-corrected chi connectivity index (χ4v) is 2.04. The zero-order valence-electron chi connectivity index (χ0n) is 9.14. The van der Waals surface area contributed by atoms with Gasteiger partial charge in [0.2, 0.25) is 0 Å². The fourth-order valence-electron chi connectivity index (χ4n) is 2.04.